The maximum Gasteiger partial charge on any atom is 0.0863 e. The van der Waals surface area contributed by atoms with E-state index in [4.69, 9.17) is 4.74 Å². The standard InChI is InChI=1S/C9H20O2S/c1-4-8(3)12-7-9(10)6-11-5-2/h8-10H,4-7H2,1-3H3. The van der Waals surface area contributed by atoms with Crippen LogP contribution in [0.25, 0.3) is 0 Å². The van der Waals surface area contributed by atoms with Gasteiger partial charge in [0.25, 0.3) is 0 Å². The van der Waals surface area contributed by atoms with Gasteiger partial charge in [-0.1, -0.05) is 13.8 Å². The van der Waals surface area contributed by atoms with Crippen LogP contribution in [0.1, 0.15) is 27.2 Å². The Kier molecular flexibility index (Phi) is 8.07. The van der Waals surface area contributed by atoms with E-state index in [1.54, 1.807) is 11.8 Å². The molecule has 1 N–H and O–H groups in total. The smallest absolute Gasteiger partial charge is 0.0863 e. The van der Waals surface area contributed by atoms with Crippen molar-refractivity contribution in [1.29, 1.82) is 0 Å². The number of hydrogen-bond donors (Lipinski definition) is 1. The Hall–Kier alpha value is 0.270. The van der Waals surface area contributed by atoms with E-state index in [1.165, 1.54) is 0 Å². The van der Waals surface area contributed by atoms with Gasteiger partial charge < -0.3 is 9.84 Å². The van der Waals surface area contributed by atoms with Gasteiger partial charge in [0.1, 0.15) is 0 Å². The van der Waals surface area contributed by atoms with Crippen molar-refractivity contribution in [3.63, 3.8) is 0 Å². The summed E-state index contributed by atoms with van der Waals surface area (Å²) in [6.07, 6.45) is 0.857. The summed E-state index contributed by atoms with van der Waals surface area (Å²) in [5, 5.41) is 10.0. The van der Waals surface area contributed by atoms with Crippen LogP contribution < -0.4 is 0 Å². The molecule has 2 nitrogen and oxygen atoms in total. The van der Waals surface area contributed by atoms with E-state index in [9.17, 15) is 5.11 Å². The molecule has 0 aliphatic heterocycles. The summed E-state index contributed by atoms with van der Waals surface area (Å²) in [6, 6.07) is 0. The van der Waals surface area contributed by atoms with Gasteiger partial charge in [0.05, 0.1) is 12.7 Å². The summed E-state index contributed by atoms with van der Waals surface area (Å²) < 4.78 is 5.10. The molecular formula is C9H20O2S. The topological polar surface area (TPSA) is 29.5 Å². The van der Waals surface area contributed by atoms with E-state index < -0.39 is 0 Å². The maximum atomic E-state index is 9.38. The van der Waals surface area contributed by atoms with Gasteiger partial charge in [-0.2, -0.15) is 11.8 Å². The largest absolute Gasteiger partial charge is 0.390 e. The Morgan fingerprint density at radius 3 is 2.58 bits per heavy atom. The molecule has 0 aromatic carbocycles. The lowest BCUT2D eigenvalue weighted by Crippen LogP contribution is -2.19. The third kappa shape index (κ3) is 6.95. The van der Waals surface area contributed by atoms with E-state index in [0.29, 0.717) is 18.5 Å². The molecule has 0 bridgehead atoms. The van der Waals surface area contributed by atoms with Gasteiger partial charge >= 0.3 is 0 Å². The lowest BCUT2D eigenvalue weighted by Gasteiger charge is -2.12. The second kappa shape index (κ2) is 7.90. The van der Waals surface area contributed by atoms with Crippen LogP contribution in [-0.2, 0) is 4.74 Å². The van der Waals surface area contributed by atoms with Crippen LogP contribution in [0.2, 0.25) is 0 Å². The number of aliphatic hydroxyl groups excluding tert-OH is 1. The first kappa shape index (κ1) is 12.3. The number of hydrogen-bond acceptors (Lipinski definition) is 3. The van der Waals surface area contributed by atoms with Crippen LogP contribution in [0.3, 0.4) is 0 Å². The lowest BCUT2D eigenvalue weighted by molar-refractivity contribution is 0.0551. The van der Waals surface area contributed by atoms with Crippen LogP contribution in [0.5, 0.6) is 0 Å². The minimum Gasteiger partial charge on any atom is -0.390 e. The molecule has 0 saturated heterocycles. The van der Waals surface area contributed by atoms with Crippen molar-refractivity contribution in [3.05, 3.63) is 0 Å². The van der Waals surface area contributed by atoms with Crippen molar-refractivity contribution in [1.82, 2.24) is 0 Å². The van der Waals surface area contributed by atoms with Crippen molar-refractivity contribution in [2.75, 3.05) is 19.0 Å². The molecule has 0 radical (unpaired) electrons. The Bertz CT molecular complexity index is 98.5. The van der Waals surface area contributed by atoms with Gasteiger partial charge in [-0.3, -0.25) is 0 Å². The van der Waals surface area contributed by atoms with E-state index in [2.05, 4.69) is 13.8 Å². The Balaban J connectivity index is 3.24. The second-order valence-corrected chi connectivity index (χ2v) is 4.34. The first-order valence-electron chi connectivity index (χ1n) is 4.58. The Morgan fingerprint density at radius 2 is 2.08 bits per heavy atom. The minimum atomic E-state index is -0.302. The highest BCUT2D eigenvalue weighted by Gasteiger charge is 2.06. The minimum absolute atomic E-state index is 0.302. The van der Waals surface area contributed by atoms with Gasteiger partial charge in [0.15, 0.2) is 0 Å². The second-order valence-electron chi connectivity index (χ2n) is 2.87. The third-order valence-corrected chi connectivity index (χ3v) is 3.14. The zero-order valence-corrected chi connectivity index (χ0v) is 9.06. The van der Waals surface area contributed by atoms with Crippen molar-refractivity contribution in [2.45, 2.75) is 38.5 Å². The molecule has 12 heavy (non-hydrogen) atoms. The summed E-state index contributed by atoms with van der Waals surface area (Å²) in [5.41, 5.74) is 0. The quantitative estimate of drug-likeness (QED) is 0.668. The first-order chi connectivity index (χ1) is 5.70. The highest BCUT2D eigenvalue weighted by atomic mass is 32.2. The fourth-order valence-electron chi connectivity index (χ4n) is 0.695. The molecule has 0 aromatic rings. The summed E-state index contributed by atoms with van der Waals surface area (Å²) in [5.74, 6) is 0.787. The molecule has 0 aliphatic carbocycles. The van der Waals surface area contributed by atoms with Crippen LogP contribution >= 0.6 is 11.8 Å². The molecule has 2 atom stereocenters. The molecule has 3 heteroatoms. The van der Waals surface area contributed by atoms with Crippen molar-refractivity contribution < 1.29 is 9.84 Å². The Labute approximate surface area is 79.7 Å². The molecule has 74 valence electrons. The molecule has 0 fully saturated rings. The zero-order chi connectivity index (χ0) is 9.40. The Morgan fingerprint density at radius 1 is 1.42 bits per heavy atom. The van der Waals surface area contributed by atoms with Crippen molar-refractivity contribution >= 4 is 11.8 Å². The number of ether oxygens (including phenoxy) is 1. The molecule has 0 saturated carbocycles. The normalized spacial score (nSPS) is 16.0. The average Bonchev–Trinajstić information content (AvgIpc) is 2.10. The molecule has 0 aromatic heterocycles. The van der Waals surface area contributed by atoms with Gasteiger partial charge in [0, 0.05) is 17.6 Å². The fraction of sp³-hybridized carbons (Fsp3) is 1.00. The summed E-state index contributed by atoms with van der Waals surface area (Å²) in [7, 11) is 0. The predicted octanol–water partition coefficient (Wildman–Crippen LogP) is 1.92. The van der Waals surface area contributed by atoms with Gasteiger partial charge in [-0.25, -0.2) is 0 Å². The van der Waals surface area contributed by atoms with E-state index >= 15 is 0 Å². The fourth-order valence-corrected chi connectivity index (χ4v) is 1.58. The number of aliphatic hydroxyl groups is 1. The molecule has 0 aliphatic rings. The van der Waals surface area contributed by atoms with Gasteiger partial charge in [-0.05, 0) is 13.3 Å². The van der Waals surface area contributed by atoms with Crippen LogP contribution in [0.15, 0.2) is 0 Å². The van der Waals surface area contributed by atoms with Crippen molar-refractivity contribution in [2.24, 2.45) is 0 Å². The van der Waals surface area contributed by atoms with Crippen LogP contribution in [0, 0.1) is 0 Å². The molecule has 0 spiro atoms. The molecule has 0 rings (SSSR count). The zero-order valence-electron chi connectivity index (χ0n) is 8.25. The monoisotopic (exact) mass is 192 g/mol. The van der Waals surface area contributed by atoms with Crippen LogP contribution in [-0.4, -0.2) is 35.4 Å². The van der Waals surface area contributed by atoms with Gasteiger partial charge in [0.2, 0.25) is 0 Å². The molecule has 0 amide bonds. The SMILES string of the molecule is CCOCC(O)CSC(C)CC. The highest BCUT2D eigenvalue weighted by molar-refractivity contribution is 7.99. The van der Waals surface area contributed by atoms with E-state index in [0.717, 1.165) is 12.2 Å². The maximum absolute atomic E-state index is 9.38. The molecule has 2 unspecified atom stereocenters. The average molecular weight is 192 g/mol. The predicted molar refractivity (Wildman–Crippen MR) is 54.7 cm³/mol. The molecular weight excluding hydrogens is 172 g/mol. The number of rotatable bonds is 7. The van der Waals surface area contributed by atoms with Gasteiger partial charge in [-0.15, -0.1) is 0 Å². The summed E-state index contributed by atoms with van der Waals surface area (Å²) in [4.78, 5) is 0. The summed E-state index contributed by atoms with van der Waals surface area (Å²) >= 11 is 1.80. The summed E-state index contributed by atoms with van der Waals surface area (Å²) in [6.45, 7) is 7.43. The third-order valence-electron chi connectivity index (χ3n) is 1.66. The number of thioether (sulfide) groups is 1. The van der Waals surface area contributed by atoms with Crippen LogP contribution in [0.4, 0.5) is 0 Å². The van der Waals surface area contributed by atoms with E-state index in [1.807, 2.05) is 6.92 Å². The lowest BCUT2D eigenvalue weighted by atomic mass is 10.4. The van der Waals surface area contributed by atoms with Crippen molar-refractivity contribution in [3.8, 4) is 0 Å². The van der Waals surface area contributed by atoms with E-state index in [-0.39, 0.29) is 6.10 Å². The first-order valence-corrected chi connectivity index (χ1v) is 5.62. The molecule has 0 heterocycles. The highest BCUT2D eigenvalue weighted by Crippen LogP contribution is 2.14.